The number of H-pyrrole nitrogens is 1. The summed E-state index contributed by atoms with van der Waals surface area (Å²) in [6, 6.07) is 13.5. The van der Waals surface area contributed by atoms with Crippen molar-refractivity contribution in [1.29, 1.82) is 0 Å². The number of carbonyl (C=O) groups is 1. The molecule has 0 amide bonds. The summed E-state index contributed by atoms with van der Waals surface area (Å²) in [6.07, 6.45) is 4.88. The zero-order valence-electron chi connectivity index (χ0n) is 14.4. The SMILES string of the molecule is O=C1CCc2ccc(Nc3nccc(Nc4cccc5[nH]ncc45)n3)cc21. The molecule has 0 radical (unpaired) electrons. The van der Waals surface area contributed by atoms with Gasteiger partial charge in [0.15, 0.2) is 5.78 Å². The fraction of sp³-hybridized carbons (Fsp3) is 0.100. The molecule has 5 rings (SSSR count). The third kappa shape index (κ3) is 2.89. The number of nitrogens with one attached hydrogen (secondary N) is 3. The molecule has 1 aliphatic rings. The van der Waals surface area contributed by atoms with Crippen molar-refractivity contribution in [2.75, 3.05) is 10.6 Å². The molecule has 3 N–H and O–H groups in total. The number of aromatic amines is 1. The first-order chi connectivity index (χ1) is 13.3. The van der Waals surface area contributed by atoms with Gasteiger partial charge in [0.25, 0.3) is 0 Å². The van der Waals surface area contributed by atoms with Gasteiger partial charge < -0.3 is 10.6 Å². The molecule has 1 aliphatic carbocycles. The maximum atomic E-state index is 11.9. The average molecular weight is 356 g/mol. The Morgan fingerprint density at radius 2 is 2.00 bits per heavy atom. The summed E-state index contributed by atoms with van der Waals surface area (Å²) in [5, 5.41) is 14.5. The van der Waals surface area contributed by atoms with Gasteiger partial charge in [-0.25, -0.2) is 4.98 Å². The number of aryl methyl sites for hydroxylation is 1. The quantitative estimate of drug-likeness (QED) is 0.512. The van der Waals surface area contributed by atoms with Crippen LogP contribution in [0.1, 0.15) is 22.3 Å². The lowest BCUT2D eigenvalue weighted by molar-refractivity contribution is 0.0994. The van der Waals surface area contributed by atoms with Gasteiger partial charge in [-0.3, -0.25) is 9.89 Å². The van der Waals surface area contributed by atoms with Gasteiger partial charge in [-0.15, -0.1) is 0 Å². The highest BCUT2D eigenvalue weighted by Crippen LogP contribution is 2.27. The van der Waals surface area contributed by atoms with E-state index in [1.165, 1.54) is 0 Å². The van der Waals surface area contributed by atoms with E-state index in [9.17, 15) is 4.79 Å². The van der Waals surface area contributed by atoms with Crippen molar-refractivity contribution in [1.82, 2.24) is 20.2 Å². The van der Waals surface area contributed by atoms with E-state index in [1.54, 1.807) is 18.5 Å². The molecule has 0 spiro atoms. The summed E-state index contributed by atoms with van der Waals surface area (Å²) < 4.78 is 0. The molecule has 0 saturated heterocycles. The van der Waals surface area contributed by atoms with Gasteiger partial charge in [-0.05, 0) is 42.3 Å². The zero-order valence-corrected chi connectivity index (χ0v) is 14.4. The summed E-state index contributed by atoms with van der Waals surface area (Å²) in [6.45, 7) is 0. The molecule has 2 heterocycles. The molecule has 7 heteroatoms. The second-order valence-electron chi connectivity index (χ2n) is 6.45. The Balaban J connectivity index is 1.40. The number of aromatic nitrogens is 4. The number of benzene rings is 2. The first kappa shape index (κ1) is 15.5. The van der Waals surface area contributed by atoms with Crippen molar-refractivity contribution in [2.45, 2.75) is 12.8 Å². The van der Waals surface area contributed by atoms with Crippen LogP contribution >= 0.6 is 0 Å². The Labute approximate surface area is 154 Å². The number of anilines is 4. The lowest BCUT2D eigenvalue weighted by atomic mass is 10.1. The molecule has 132 valence electrons. The second-order valence-corrected chi connectivity index (χ2v) is 6.45. The van der Waals surface area contributed by atoms with Gasteiger partial charge in [0.05, 0.1) is 17.4 Å². The lowest BCUT2D eigenvalue weighted by Crippen LogP contribution is -2.01. The van der Waals surface area contributed by atoms with E-state index in [2.05, 4.69) is 30.8 Å². The standard InChI is InChI=1S/C20H16N6O/c27-18-7-5-12-4-6-13(10-14(12)18)23-20-21-9-8-19(25-20)24-16-2-1-3-17-15(16)11-22-26-17/h1-4,6,8-11H,5,7H2,(H,22,26)(H2,21,23,24,25). The summed E-state index contributed by atoms with van der Waals surface area (Å²) >= 11 is 0. The molecule has 2 aromatic heterocycles. The van der Waals surface area contributed by atoms with Crippen molar-refractivity contribution < 1.29 is 4.79 Å². The summed E-state index contributed by atoms with van der Waals surface area (Å²) in [7, 11) is 0. The van der Waals surface area contributed by atoms with Crippen molar-refractivity contribution in [3.63, 3.8) is 0 Å². The molecule has 7 nitrogen and oxygen atoms in total. The van der Waals surface area contributed by atoms with Crippen molar-refractivity contribution in [3.8, 4) is 0 Å². The van der Waals surface area contributed by atoms with Crippen LogP contribution in [0.5, 0.6) is 0 Å². The third-order valence-electron chi connectivity index (χ3n) is 4.69. The van der Waals surface area contributed by atoms with E-state index < -0.39 is 0 Å². The summed E-state index contributed by atoms with van der Waals surface area (Å²) in [5.74, 6) is 1.32. The Morgan fingerprint density at radius 3 is 2.96 bits per heavy atom. The van der Waals surface area contributed by atoms with Crippen LogP contribution in [-0.2, 0) is 6.42 Å². The average Bonchev–Trinajstić information content (AvgIpc) is 3.30. The number of hydrogen-bond donors (Lipinski definition) is 3. The predicted octanol–water partition coefficient (Wildman–Crippen LogP) is 3.97. The summed E-state index contributed by atoms with van der Waals surface area (Å²) in [5.41, 5.74) is 4.57. The number of ketones is 1. The van der Waals surface area contributed by atoms with Crippen LogP contribution in [0.4, 0.5) is 23.1 Å². The van der Waals surface area contributed by atoms with Crippen LogP contribution in [0, 0.1) is 0 Å². The molecular formula is C20H16N6O. The third-order valence-corrected chi connectivity index (χ3v) is 4.69. The molecule has 0 fully saturated rings. The van der Waals surface area contributed by atoms with Gasteiger partial charge in [0, 0.05) is 29.3 Å². The smallest absolute Gasteiger partial charge is 0.229 e. The Morgan fingerprint density at radius 1 is 1.04 bits per heavy atom. The second kappa shape index (κ2) is 6.21. The van der Waals surface area contributed by atoms with Crippen LogP contribution < -0.4 is 10.6 Å². The van der Waals surface area contributed by atoms with E-state index in [0.717, 1.165) is 39.8 Å². The van der Waals surface area contributed by atoms with Gasteiger partial charge in [0.1, 0.15) is 5.82 Å². The van der Waals surface area contributed by atoms with Gasteiger partial charge in [-0.2, -0.15) is 10.1 Å². The van der Waals surface area contributed by atoms with Gasteiger partial charge in [0.2, 0.25) is 5.95 Å². The Bertz CT molecular complexity index is 1170. The van der Waals surface area contributed by atoms with Crippen molar-refractivity contribution >= 4 is 39.8 Å². The molecular weight excluding hydrogens is 340 g/mol. The molecule has 0 saturated carbocycles. The number of rotatable bonds is 4. The Kier molecular flexibility index (Phi) is 3.57. The number of carbonyl (C=O) groups excluding carboxylic acids is 1. The first-order valence-corrected chi connectivity index (χ1v) is 8.71. The highest BCUT2D eigenvalue weighted by molar-refractivity contribution is 6.01. The highest BCUT2D eigenvalue weighted by atomic mass is 16.1. The maximum Gasteiger partial charge on any atom is 0.229 e. The van der Waals surface area contributed by atoms with Crippen LogP contribution in [0.3, 0.4) is 0 Å². The molecule has 0 unspecified atom stereocenters. The van der Waals surface area contributed by atoms with E-state index in [-0.39, 0.29) is 5.78 Å². The number of nitrogens with zero attached hydrogens (tertiary/aromatic N) is 3. The van der Waals surface area contributed by atoms with Crippen LogP contribution in [0.2, 0.25) is 0 Å². The fourth-order valence-electron chi connectivity index (χ4n) is 3.35. The largest absolute Gasteiger partial charge is 0.339 e. The zero-order chi connectivity index (χ0) is 18.2. The minimum Gasteiger partial charge on any atom is -0.339 e. The minimum atomic E-state index is 0.193. The maximum absolute atomic E-state index is 11.9. The molecule has 0 atom stereocenters. The summed E-state index contributed by atoms with van der Waals surface area (Å²) in [4.78, 5) is 20.7. The number of Topliss-reactive ketones (excluding diaryl/α,β-unsaturated/α-hetero) is 1. The van der Waals surface area contributed by atoms with E-state index in [4.69, 9.17) is 0 Å². The van der Waals surface area contributed by atoms with Crippen LogP contribution in [0.25, 0.3) is 10.9 Å². The molecule has 2 aromatic carbocycles. The van der Waals surface area contributed by atoms with Crippen molar-refractivity contribution in [2.24, 2.45) is 0 Å². The first-order valence-electron chi connectivity index (χ1n) is 8.71. The van der Waals surface area contributed by atoms with E-state index >= 15 is 0 Å². The minimum absolute atomic E-state index is 0.193. The monoisotopic (exact) mass is 356 g/mol. The van der Waals surface area contributed by atoms with E-state index in [1.807, 2.05) is 36.4 Å². The Hall–Kier alpha value is -3.74. The van der Waals surface area contributed by atoms with Gasteiger partial charge >= 0.3 is 0 Å². The lowest BCUT2D eigenvalue weighted by Gasteiger charge is -2.10. The van der Waals surface area contributed by atoms with Crippen LogP contribution in [-0.4, -0.2) is 25.9 Å². The topological polar surface area (TPSA) is 95.6 Å². The number of hydrogen-bond acceptors (Lipinski definition) is 6. The highest BCUT2D eigenvalue weighted by Gasteiger charge is 2.19. The predicted molar refractivity (Wildman–Crippen MR) is 104 cm³/mol. The van der Waals surface area contributed by atoms with E-state index in [0.29, 0.717) is 18.2 Å². The molecule has 0 bridgehead atoms. The van der Waals surface area contributed by atoms with Crippen LogP contribution in [0.15, 0.2) is 54.9 Å². The van der Waals surface area contributed by atoms with Crippen molar-refractivity contribution in [3.05, 3.63) is 66.0 Å². The normalized spacial score (nSPS) is 13.0. The molecule has 4 aromatic rings. The number of fused-ring (bicyclic) bond motifs is 2. The fourth-order valence-corrected chi connectivity index (χ4v) is 3.35. The molecule has 27 heavy (non-hydrogen) atoms. The van der Waals surface area contributed by atoms with Gasteiger partial charge in [-0.1, -0.05) is 12.1 Å². The molecule has 0 aliphatic heterocycles.